The molecule has 0 aliphatic carbocycles. The Balaban J connectivity index is 1.35. The third-order valence-electron chi connectivity index (χ3n) is 5.94. The summed E-state index contributed by atoms with van der Waals surface area (Å²) in [5.41, 5.74) is 4.64. The number of carbonyl (C=O) groups excluding carboxylic acids is 1. The highest BCUT2D eigenvalue weighted by Gasteiger charge is 2.17. The molecule has 2 N–H and O–H groups in total. The fourth-order valence-electron chi connectivity index (χ4n) is 4.19. The molecule has 0 spiro atoms. The molecule has 0 radical (unpaired) electrons. The van der Waals surface area contributed by atoms with Crippen LogP contribution >= 0.6 is 0 Å². The molecule has 7 nitrogen and oxygen atoms in total. The first-order valence-corrected chi connectivity index (χ1v) is 10.4. The van der Waals surface area contributed by atoms with Crippen LogP contribution in [0.5, 0.6) is 0 Å². The quantitative estimate of drug-likeness (QED) is 0.521. The maximum atomic E-state index is 14.9. The standard InChI is InChI=1S/C24H22FN5O2/c1-26-23(31)19-5-4-16(13-27-19)15-6-9-29(10-7-15)14-17-11-20-22(12-18(17)25)30-8-2-3-21(30)24(32)28-20/h2-6,8,11-13H,7,9-10,14H2,1H3,(H,26,31)(H,28,32). The molecule has 5 rings (SSSR count). The number of aromatic nitrogens is 3. The number of nitrogens with one attached hydrogen (secondary N) is 2. The van der Waals surface area contributed by atoms with Gasteiger partial charge in [-0.15, -0.1) is 0 Å². The number of carbonyl (C=O) groups is 1. The number of nitrogens with zero attached hydrogens (tertiary/aromatic N) is 3. The smallest absolute Gasteiger partial charge is 0.272 e. The van der Waals surface area contributed by atoms with Crippen LogP contribution in [0.1, 0.15) is 28.0 Å². The fraction of sp³-hybridized carbons (Fsp3) is 0.208. The molecular weight excluding hydrogens is 409 g/mol. The van der Waals surface area contributed by atoms with Crippen LogP contribution < -0.4 is 10.9 Å². The predicted octanol–water partition coefficient (Wildman–Crippen LogP) is 2.96. The monoisotopic (exact) mass is 431 g/mol. The van der Waals surface area contributed by atoms with Gasteiger partial charge in [-0.2, -0.15) is 0 Å². The number of aromatic amines is 1. The molecule has 0 saturated carbocycles. The van der Waals surface area contributed by atoms with Crippen molar-refractivity contribution < 1.29 is 9.18 Å². The summed E-state index contributed by atoms with van der Waals surface area (Å²) in [5, 5.41) is 2.56. The zero-order valence-corrected chi connectivity index (χ0v) is 17.6. The number of hydrogen-bond acceptors (Lipinski definition) is 4. The Bertz CT molecular complexity index is 1420. The first-order chi connectivity index (χ1) is 15.5. The zero-order valence-electron chi connectivity index (χ0n) is 17.6. The van der Waals surface area contributed by atoms with Crippen LogP contribution in [0.3, 0.4) is 0 Å². The number of benzene rings is 1. The van der Waals surface area contributed by atoms with Gasteiger partial charge in [-0.25, -0.2) is 4.39 Å². The topological polar surface area (TPSA) is 82.5 Å². The lowest BCUT2D eigenvalue weighted by atomic mass is 10.0. The predicted molar refractivity (Wildman–Crippen MR) is 121 cm³/mol. The Morgan fingerprint density at radius 3 is 2.84 bits per heavy atom. The molecule has 0 fully saturated rings. The minimum Gasteiger partial charge on any atom is -0.354 e. The minimum atomic E-state index is -0.289. The van der Waals surface area contributed by atoms with E-state index in [4.69, 9.17) is 0 Å². The summed E-state index contributed by atoms with van der Waals surface area (Å²) in [7, 11) is 1.58. The van der Waals surface area contributed by atoms with Gasteiger partial charge >= 0.3 is 0 Å². The number of amides is 1. The largest absolute Gasteiger partial charge is 0.354 e. The van der Waals surface area contributed by atoms with Crippen molar-refractivity contribution in [3.05, 3.63) is 87.9 Å². The average molecular weight is 431 g/mol. The van der Waals surface area contributed by atoms with Gasteiger partial charge in [0.25, 0.3) is 11.5 Å². The molecule has 0 bridgehead atoms. The third-order valence-corrected chi connectivity index (χ3v) is 5.94. The van der Waals surface area contributed by atoms with Gasteiger partial charge in [0.1, 0.15) is 17.0 Å². The molecule has 4 heterocycles. The highest BCUT2D eigenvalue weighted by atomic mass is 19.1. The van der Waals surface area contributed by atoms with Crippen LogP contribution in [0.4, 0.5) is 4.39 Å². The van der Waals surface area contributed by atoms with E-state index in [1.165, 1.54) is 6.07 Å². The molecule has 32 heavy (non-hydrogen) atoms. The number of halogens is 1. The van der Waals surface area contributed by atoms with Gasteiger partial charge in [-0.1, -0.05) is 12.1 Å². The van der Waals surface area contributed by atoms with Gasteiger partial charge in [0.2, 0.25) is 0 Å². The lowest BCUT2D eigenvalue weighted by molar-refractivity contribution is 0.0958. The lowest BCUT2D eigenvalue weighted by Gasteiger charge is -2.26. The molecule has 0 saturated heterocycles. The maximum absolute atomic E-state index is 14.9. The van der Waals surface area contributed by atoms with Crippen molar-refractivity contribution in [3.63, 3.8) is 0 Å². The normalized spacial score (nSPS) is 14.6. The number of hydrogen-bond donors (Lipinski definition) is 2. The summed E-state index contributed by atoms with van der Waals surface area (Å²) in [6.45, 7) is 1.90. The summed E-state index contributed by atoms with van der Waals surface area (Å²) in [4.78, 5) is 33.2. The lowest BCUT2D eigenvalue weighted by Crippen LogP contribution is -2.28. The third kappa shape index (κ3) is 3.58. The Labute approximate surface area is 183 Å². The molecular formula is C24H22FN5O2. The Kier molecular flexibility index (Phi) is 5.07. The van der Waals surface area contributed by atoms with Crippen LogP contribution in [0.15, 0.2) is 59.7 Å². The van der Waals surface area contributed by atoms with E-state index < -0.39 is 0 Å². The van der Waals surface area contributed by atoms with E-state index in [-0.39, 0.29) is 17.3 Å². The van der Waals surface area contributed by atoms with Crippen molar-refractivity contribution in [2.24, 2.45) is 0 Å². The molecule has 8 heteroatoms. The molecule has 1 aliphatic rings. The average Bonchev–Trinajstić information content (AvgIpc) is 3.31. The highest BCUT2D eigenvalue weighted by Crippen LogP contribution is 2.25. The number of H-pyrrole nitrogens is 1. The minimum absolute atomic E-state index is 0.193. The van der Waals surface area contributed by atoms with Crippen molar-refractivity contribution >= 4 is 28.0 Å². The Hall–Kier alpha value is -3.78. The van der Waals surface area contributed by atoms with Crippen molar-refractivity contribution in [1.29, 1.82) is 0 Å². The van der Waals surface area contributed by atoms with E-state index in [1.807, 2.05) is 6.07 Å². The second-order valence-corrected chi connectivity index (χ2v) is 7.90. The first-order valence-electron chi connectivity index (χ1n) is 10.4. The molecule has 4 aromatic rings. The van der Waals surface area contributed by atoms with Gasteiger partial charge < -0.3 is 14.7 Å². The molecule has 1 aliphatic heterocycles. The first kappa shape index (κ1) is 20.1. The van der Waals surface area contributed by atoms with Crippen LogP contribution in [0.2, 0.25) is 0 Å². The van der Waals surface area contributed by atoms with Gasteiger partial charge in [-0.05, 0) is 41.8 Å². The van der Waals surface area contributed by atoms with E-state index in [0.29, 0.717) is 40.9 Å². The van der Waals surface area contributed by atoms with Crippen LogP contribution in [-0.2, 0) is 6.54 Å². The summed E-state index contributed by atoms with van der Waals surface area (Å²) < 4.78 is 16.6. The second-order valence-electron chi connectivity index (χ2n) is 7.90. The van der Waals surface area contributed by atoms with E-state index in [0.717, 1.165) is 24.1 Å². The summed E-state index contributed by atoms with van der Waals surface area (Å²) in [6.07, 6.45) is 6.40. The zero-order chi connectivity index (χ0) is 22.2. The molecule has 162 valence electrons. The molecule has 3 aromatic heterocycles. The highest BCUT2D eigenvalue weighted by molar-refractivity contribution is 5.92. The van der Waals surface area contributed by atoms with E-state index in [1.54, 1.807) is 48.1 Å². The van der Waals surface area contributed by atoms with Gasteiger partial charge in [0, 0.05) is 50.7 Å². The van der Waals surface area contributed by atoms with Crippen LogP contribution in [0, 0.1) is 5.82 Å². The van der Waals surface area contributed by atoms with E-state index in [9.17, 15) is 14.0 Å². The van der Waals surface area contributed by atoms with Gasteiger partial charge in [-0.3, -0.25) is 19.5 Å². The Morgan fingerprint density at radius 1 is 1.25 bits per heavy atom. The van der Waals surface area contributed by atoms with Crippen LogP contribution in [-0.4, -0.2) is 45.3 Å². The summed E-state index contributed by atoms with van der Waals surface area (Å²) in [5.74, 6) is -0.500. The molecule has 1 amide bonds. The van der Waals surface area contributed by atoms with Crippen molar-refractivity contribution in [3.8, 4) is 0 Å². The van der Waals surface area contributed by atoms with Crippen LogP contribution in [0.25, 0.3) is 22.1 Å². The molecule has 0 atom stereocenters. The van der Waals surface area contributed by atoms with Gasteiger partial charge in [0.05, 0.1) is 11.0 Å². The van der Waals surface area contributed by atoms with Gasteiger partial charge in [0.15, 0.2) is 0 Å². The SMILES string of the molecule is CNC(=O)c1ccc(C2=CCN(Cc3cc4[nH]c(=O)c5cccn5c4cc3F)CC2)cn1. The summed E-state index contributed by atoms with van der Waals surface area (Å²) >= 11 is 0. The van der Waals surface area contributed by atoms with Crippen molar-refractivity contribution in [2.75, 3.05) is 20.1 Å². The van der Waals surface area contributed by atoms with E-state index >= 15 is 0 Å². The van der Waals surface area contributed by atoms with Crippen molar-refractivity contribution in [2.45, 2.75) is 13.0 Å². The number of pyridine rings is 1. The Morgan fingerprint density at radius 2 is 2.12 bits per heavy atom. The molecule has 1 aromatic carbocycles. The maximum Gasteiger partial charge on any atom is 0.272 e. The summed E-state index contributed by atoms with van der Waals surface area (Å²) in [6, 6.07) is 10.3. The van der Waals surface area contributed by atoms with Crippen molar-refractivity contribution in [1.82, 2.24) is 24.6 Å². The number of fused-ring (bicyclic) bond motifs is 3. The second kappa shape index (κ2) is 8.05. The van der Waals surface area contributed by atoms with E-state index in [2.05, 4.69) is 26.3 Å². The number of rotatable bonds is 4. The fourth-order valence-corrected chi connectivity index (χ4v) is 4.19. The molecule has 0 unspecified atom stereocenters.